The molecule has 154 valence electrons. The van der Waals surface area contributed by atoms with E-state index in [9.17, 15) is 17.6 Å². The molecule has 9 heteroatoms. The van der Waals surface area contributed by atoms with Crippen LogP contribution in [0.3, 0.4) is 0 Å². The Kier molecular flexibility index (Phi) is 9.14. The zero-order valence-electron chi connectivity index (χ0n) is 15.8. The lowest BCUT2D eigenvalue weighted by Gasteiger charge is -2.34. The summed E-state index contributed by atoms with van der Waals surface area (Å²) in [5, 5.41) is 0. The molecule has 1 fully saturated rings. The van der Waals surface area contributed by atoms with Gasteiger partial charge < -0.3 is 10.6 Å². The molecule has 0 aliphatic carbocycles. The number of nitrogens with zero attached hydrogens (tertiary/aromatic N) is 2. The van der Waals surface area contributed by atoms with E-state index < -0.39 is 15.8 Å². The van der Waals surface area contributed by atoms with Crippen molar-refractivity contribution in [1.82, 2.24) is 9.21 Å². The smallest absolute Gasteiger partial charge is 0.242 e. The number of piperidine rings is 1. The second-order valence-corrected chi connectivity index (χ2v) is 9.03. The van der Waals surface area contributed by atoms with Crippen molar-refractivity contribution in [1.29, 1.82) is 0 Å². The topological polar surface area (TPSA) is 83.7 Å². The van der Waals surface area contributed by atoms with Crippen LogP contribution in [0, 0.1) is 11.7 Å². The third-order valence-electron chi connectivity index (χ3n) is 4.94. The predicted octanol–water partition coefficient (Wildman–Crippen LogP) is 2.23. The van der Waals surface area contributed by atoms with Crippen LogP contribution in [0.2, 0.25) is 0 Å². The Morgan fingerprint density at radius 1 is 1.37 bits per heavy atom. The fraction of sp³-hybridized carbons (Fsp3) is 0.611. The summed E-state index contributed by atoms with van der Waals surface area (Å²) < 4.78 is 39.0. The number of rotatable bonds is 7. The number of carbonyl (C=O) groups is 1. The molecule has 1 heterocycles. The zero-order chi connectivity index (χ0) is 19.3. The summed E-state index contributed by atoms with van der Waals surface area (Å²) in [7, 11) is -2.20. The van der Waals surface area contributed by atoms with Crippen LogP contribution in [0.1, 0.15) is 32.6 Å². The standard InChI is InChI=1S/C18H28FN3O3S.ClH/c1-14(20)15-5-3-12-22(13-15)18(23)6-4-11-21(2)26(24,25)17-9-7-16(19)8-10-17;/h7-10,14-15H,3-6,11-13,20H2,1-2H3;1H. The average molecular weight is 422 g/mol. The minimum Gasteiger partial charge on any atom is -0.342 e. The van der Waals surface area contributed by atoms with Crippen molar-refractivity contribution >= 4 is 28.3 Å². The van der Waals surface area contributed by atoms with E-state index in [2.05, 4.69) is 0 Å². The Morgan fingerprint density at radius 2 is 2.00 bits per heavy atom. The van der Waals surface area contributed by atoms with E-state index in [1.54, 1.807) is 0 Å². The molecule has 0 aromatic heterocycles. The second-order valence-electron chi connectivity index (χ2n) is 6.99. The van der Waals surface area contributed by atoms with Crippen LogP contribution in [-0.2, 0) is 14.8 Å². The molecule has 0 spiro atoms. The molecule has 0 radical (unpaired) electrons. The second kappa shape index (κ2) is 10.4. The van der Waals surface area contributed by atoms with Crippen molar-refractivity contribution in [3.63, 3.8) is 0 Å². The molecule has 1 aliphatic heterocycles. The van der Waals surface area contributed by atoms with Gasteiger partial charge in [-0.1, -0.05) is 0 Å². The van der Waals surface area contributed by atoms with E-state index in [0.29, 0.717) is 25.3 Å². The normalized spacial score (nSPS) is 18.9. The van der Waals surface area contributed by atoms with E-state index in [-0.39, 0.29) is 35.8 Å². The summed E-state index contributed by atoms with van der Waals surface area (Å²) in [6.45, 7) is 3.62. The highest BCUT2D eigenvalue weighted by Gasteiger charge is 2.26. The Hall–Kier alpha value is -1.22. The molecule has 2 rings (SSSR count). The maximum Gasteiger partial charge on any atom is 0.242 e. The number of hydrogen-bond donors (Lipinski definition) is 1. The Labute approximate surface area is 167 Å². The number of likely N-dealkylation sites (tertiary alicyclic amines) is 1. The van der Waals surface area contributed by atoms with Gasteiger partial charge in [0.05, 0.1) is 4.90 Å². The van der Waals surface area contributed by atoms with Crippen LogP contribution < -0.4 is 5.73 Å². The van der Waals surface area contributed by atoms with Gasteiger partial charge in [-0.25, -0.2) is 17.1 Å². The number of nitrogens with two attached hydrogens (primary N) is 1. The fourth-order valence-electron chi connectivity index (χ4n) is 3.18. The first kappa shape index (κ1) is 23.8. The molecule has 0 saturated carbocycles. The lowest BCUT2D eigenvalue weighted by atomic mass is 9.92. The fourth-order valence-corrected chi connectivity index (χ4v) is 4.39. The third kappa shape index (κ3) is 6.41. The summed E-state index contributed by atoms with van der Waals surface area (Å²) in [5.41, 5.74) is 5.95. The molecule has 1 amide bonds. The van der Waals surface area contributed by atoms with E-state index in [1.165, 1.54) is 23.5 Å². The van der Waals surface area contributed by atoms with Crippen LogP contribution in [-0.4, -0.2) is 56.3 Å². The lowest BCUT2D eigenvalue weighted by Crippen LogP contribution is -2.45. The van der Waals surface area contributed by atoms with Crippen molar-refractivity contribution in [2.45, 2.75) is 43.5 Å². The van der Waals surface area contributed by atoms with E-state index >= 15 is 0 Å². The first-order valence-electron chi connectivity index (χ1n) is 8.97. The van der Waals surface area contributed by atoms with Gasteiger partial charge in [-0.05, 0) is 56.4 Å². The van der Waals surface area contributed by atoms with Gasteiger partial charge in [0.1, 0.15) is 5.82 Å². The number of halogens is 2. The first-order chi connectivity index (χ1) is 12.2. The molecule has 2 N–H and O–H groups in total. The highest BCUT2D eigenvalue weighted by atomic mass is 35.5. The molecular weight excluding hydrogens is 393 g/mol. The quantitative estimate of drug-likeness (QED) is 0.731. The van der Waals surface area contributed by atoms with Gasteiger partial charge in [0.25, 0.3) is 0 Å². The molecule has 2 unspecified atom stereocenters. The van der Waals surface area contributed by atoms with Crippen LogP contribution in [0.5, 0.6) is 0 Å². The molecule has 0 bridgehead atoms. The minimum absolute atomic E-state index is 0. The van der Waals surface area contributed by atoms with Crippen LogP contribution >= 0.6 is 12.4 Å². The van der Waals surface area contributed by atoms with Crippen molar-refractivity contribution in [3.05, 3.63) is 30.1 Å². The Bertz CT molecular complexity index is 713. The summed E-state index contributed by atoms with van der Waals surface area (Å²) in [4.78, 5) is 14.3. The lowest BCUT2D eigenvalue weighted by molar-refractivity contribution is -0.133. The van der Waals surface area contributed by atoms with Gasteiger partial charge >= 0.3 is 0 Å². The van der Waals surface area contributed by atoms with Gasteiger partial charge in [-0.2, -0.15) is 0 Å². The summed E-state index contributed by atoms with van der Waals surface area (Å²) in [6.07, 6.45) is 2.74. The zero-order valence-corrected chi connectivity index (χ0v) is 17.4. The van der Waals surface area contributed by atoms with Gasteiger partial charge in [-0.15, -0.1) is 12.4 Å². The van der Waals surface area contributed by atoms with E-state index in [0.717, 1.165) is 31.5 Å². The van der Waals surface area contributed by atoms with Gasteiger partial charge in [0.2, 0.25) is 15.9 Å². The highest BCUT2D eigenvalue weighted by Crippen LogP contribution is 2.20. The monoisotopic (exact) mass is 421 g/mol. The van der Waals surface area contributed by atoms with Crippen molar-refractivity contribution < 1.29 is 17.6 Å². The molecule has 1 aromatic rings. The predicted molar refractivity (Wildman–Crippen MR) is 106 cm³/mol. The van der Waals surface area contributed by atoms with Crippen LogP contribution in [0.25, 0.3) is 0 Å². The highest BCUT2D eigenvalue weighted by molar-refractivity contribution is 7.89. The molecular formula is C18H29ClFN3O3S. The van der Waals surface area contributed by atoms with Gasteiger partial charge in [0.15, 0.2) is 0 Å². The molecule has 1 saturated heterocycles. The van der Waals surface area contributed by atoms with E-state index in [1.807, 2.05) is 11.8 Å². The molecule has 2 atom stereocenters. The number of hydrogen-bond acceptors (Lipinski definition) is 4. The minimum atomic E-state index is -3.67. The van der Waals surface area contributed by atoms with Crippen molar-refractivity contribution in [2.24, 2.45) is 11.7 Å². The summed E-state index contributed by atoms with van der Waals surface area (Å²) in [5.74, 6) is -0.110. The van der Waals surface area contributed by atoms with Gasteiger partial charge in [0, 0.05) is 39.1 Å². The van der Waals surface area contributed by atoms with Crippen molar-refractivity contribution in [2.75, 3.05) is 26.7 Å². The maximum absolute atomic E-state index is 13.0. The molecule has 27 heavy (non-hydrogen) atoms. The molecule has 1 aliphatic rings. The number of carbonyl (C=O) groups excluding carboxylic acids is 1. The molecule has 6 nitrogen and oxygen atoms in total. The largest absolute Gasteiger partial charge is 0.342 e. The number of sulfonamides is 1. The summed E-state index contributed by atoms with van der Waals surface area (Å²) in [6, 6.07) is 4.80. The molecule has 1 aromatic carbocycles. The van der Waals surface area contributed by atoms with Crippen molar-refractivity contribution in [3.8, 4) is 0 Å². The number of benzene rings is 1. The number of amides is 1. The Balaban J connectivity index is 0.00000364. The Morgan fingerprint density at radius 3 is 2.59 bits per heavy atom. The maximum atomic E-state index is 13.0. The third-order valence-corrected chi connectivity index (χ3v) is 6.81. The average Bonchev–Trinajstić information content (AvgIpc) is 2.61. The van der Waals surface area contributed by atoms with Gasteiger partial charge in [-0.3, -0.25) is 4.79 Å². The van der Waals surface area contributed by atoms with Crippen LogP contribution in [0.4, 0.5) is 4.39 Å². The first-order valence-corrected chi connectivity index (χ1v) is 10.4. The SMILES string of the molecule is CC(N)C1CCCN(C(=O)CCCN(C)S(=O)(=O)c2ccc(F)cc2)C1.Cl. The van der Waals surface area contributed by atoms with E-state index in [4.69, 9.17) is 5.73 Å². The summed E-state index contributed by atoms with van der Waals surface area (Å²) >= 11 is 0. The van der Waals surface area contributed by atoms with Crippen LogP contribution in [0.15, 0.2) is 29.2 Å².